The molecular weight excluding hydrogens is 577 g/mol. The zero-order valence-corrected chi connectivity index (χ0v) is 21.4. The van der Waals surface area contributed by atoms with Gasteiger partial charge in [-0.05, 0) is 35.4 Å². The number of non-ortho nitro benzene ring substituents is 2. The maximum Gasteiger partial charge on any atom is 0.453 e. The fourth-order valence-corrected chi connectivity index (χ4v) is 4.05. The summed E-state index contributed by atoms with van der Waals surface area (Å²) >= 11 is 0. The third-order valence-corrected chi connectivity index (χ3v) is 6.03. The van der Waals surface area contributed by atoms with Gasteiger partial charge < -0.3 is 13.9 Å². The number of nitro groups is 2. The minimum atomic E-state index is -5.17. The van der Waals surface area contributed by atoms with E-state index in [1.165, 1.54) is 12.1 Å². The Kier molecular flexibility index (Phi) is 7.34. The summed E-state index contributed by atoms with van der Waals surface area (Å²) in [5.41, 5.74) is -2.25. The second-order valence-electron chi connectivity index (χ2n) is 8.88. The number of nitro benzene ring substituents is 2. The Morgan fingerprint density at radius 1 is 0.767 bits per heavy atom. The van der Waals surface area contributed by atoms with Crippen LogP contribution in [0.4, 0.5) is 24.5 Å². The molecule has 0 N–H and O–H groups in total. The van der Waals surface area contributed by atoms with Gasteiger partial charge in [0.25, 0.3) is 17.1 Å². The molecule has 1 aromatic heterocycles. The lowest BCUT2D eigenvalue weighted by Gasteiger charge is -2.14. The molecule has 43 heavy (non-hydrogen) atoms. The van der Waals surface area contributed by atoms with Crippen molar-refractivity contribution in [3.63, 3.8) is 0 Å². The van der Waals surface area contributed by atoms with Crippen LogP contribution in [0.5, 0.6) is 17.2 Å². The predicted molar refractivity (Wildman–Crippen MR) is 144 cm³/mol. The standard InChI is InChI=1S/C29H15F3N2O9/c30-29(31,32)27-26(41-21-8-6-17(7-9-21)16-4-2-1-3-5-16)25(35)23-11-10-22(15-24(23)43-27)42-28(36)18-12-19(33(37)38)14-20(13-18)34(39)40/h1-15H. The Morgan fingerprint density at radius 2 is 1.35 bits per heavy atom. The predicted octanol–water partition coefficient (Wildman–Crippen LogP) is 7.31. The molecule has 0 aliphatic heterocycles. The first kappa shape index (κ1) is 28.5. The van der Waals surface area contributed by atoms with Gasteiger partial charge in [-0.25, -0.2) is 4.79 Å². The number of ether oxygens (including phenoxy) is 2. The first-order valence-corrected chi connectivity index (χ1v) is 12.1. The van der Waals surface area contributed by atoms with Crippen molar-refractivity contribution < 1.29 is 41.7 Å². The van der Waals surface area contributed by atoms with Gasteiger partial charge in [0.2, 0.25) is 11.2 Å². The number of rotatable bonds is 7. The smallest absolute Gasteiger partial charge is 0.449 e. The summed E-state index contributed by atoms with van der Waals surface area (Å²) < 4.78 is 57.4. The van der Waals surface area contributed by atoms with Crippen LogP contribution in [0.15, 0.2) is 100 Å². The largest absolute Gasteiger partial charge is 0.453 e. The van der Waals surface area contributed by atoms with Gasteiger partial charge in [-0.1, -0.05) is 42.5 Å². The highest BCUT2D eigenvalue weighted by Crippen LogP contribution is 2.39. The molecule has 0 spiro atoms. The SMILES string of the molecule is O=C(Oc1ccc2c(=O)c(Oc3ccc(-c4ccccc4)cc3)c(C(F)(F)F)oc2c1)c1cc([N+](=O)[O-])cc([N+](=O)[O-])c1. The molecule has 11 nitrogen and oxygen atoms in total. The summed E-state index contributed by atoms with van der Waals surface area (Å²) in [7, 11) is 0. The Bertz CT molecular complexity index is 1920. The van der Waals surface area contributed by atoms with Crippen molar-refractivity contribution in [3.05, 3.63) is 133 Å². The highest BCUT2D eigenvalue weighted by molar-refractivity contribution is 5.93. The van der Waals surface area contributed by atoms with E-state index in [0.29, 0.717) is 6.07 Å². The van der Waals surface area contributed by atoms with E-state index in [0.717, 1.165) is 41.5 Å². The number of halogens is 3. The van der Waals surface area contributed by atoms with E-state index >= 15 is 0 Å². The zero-order valence-electron chi connectivity index (χ0n) is 21.4. The number of alkyl halides is 3. The van der Waals surface area contributed by atoms with E-state index in [-0.39, 0.29) is 11.1 Å². The van der Waals surface area contributed by atoms with Crippen LogP contribution in [0.25, 0.3) is 22.1 Å². The third-order valence-electron chi connectivity index (χ3n) is 6.03. The molecular formula is C29H15F3N2O9. The first-order chi connectivity index (χ1) is 20.4. The van der Waals surface area contributed by atoms with E-state index < -0.39 is 67.2 Å². The number of benzene rings is 4. The molecule has 0 unspecified atom stereocenters. The molecule has 4 aromatic carbocycles. The van der Waals surface area contributed by atoms with Gasteiger partial charge in [0.15, 0.2) is 0 Å². The fourth-order valence-electron chi connectivity index (χ4n) is 4.05. The fraction of sp³-hybridized carbons (Fsp3) is 0.0345. The van der Waals surface area contributed by atoms with Crippen LogP contribution in [0.2, 0.25) is 0 Å². The minimum Gasteiger partial charge on any atom is -0.449 e. The van der Waals surface area contributed by atoms with Crippen LogP contribution < -0.4 is 14.9 Å². The van der Waals surface area contributed by atoms with Crippen LogP contribution in [0.1, 0.15) is 16.1 Å². The Morgan fingerprint density at radius 3 is 1.93 bits per heavy atom. The van der Waals surface area contributed by atoms with Crippen molar-refractivity contribution in [1.82, 2.24) is 0 Å². The average Bonchev–Trinajstić information content (AvgIpc) is 2.98. The van der Waals surface area contributed by atoms with Gasteiger partial charge in [-0.2, -0.15) is 13.2 Å². The molecule has 0 aliphatic rings. The number of fused-ring (bicyclic) bond motifs is 1. The van der Waals surface area contributed by atoms with E-state index in [1.807, 2.05) is 30.3 Å². The molecule has 14 heteroatoms. The molecule has 1 heterocycles. The molecule has 0 saturated heterocycles. The number of carbonyl (C=O) groups is 1. The monoisotopic (exact) mass is 592 g/mol. The van der Waals surface area contributed by atoms with E-state index in [2.05, 4.69) is 0 Å². The van der Waals surface area contributed by atoms with Gasteiger partial charge in [0.1, 0.15) is 17.1 Å². The topological polar surface area (TPSA) is 152 Å². The van der Waals surface area contributed by atoms with E-state index in [4.69, 9.17) is 13.9 Å². The molecule has 216 valence electrons. The van der Waals surface area contributed by atoms with E-state index in [1.54, 1.807) is 12.1 Å². The lowest BCUT2D eigenvalue weighted by molar-refractivity contribution is -0.394. The second kappa shape index (κ2) is 11.1. The van der Waals surface area contributed by atoms with Crippen molar-refractivity contribution in [3.8, 4) is 28.4 Å². The third kappa shape index (κ3) is 6.02. The number of hydrogen-bond acceptors (Lipinski definition) is 9. The molecule has 0 fully saturated rings. The Hall–Kier alpha value is -6.05. The summed E-state index contributed by atoms with van der Waals surface area (Å²) in [6.45, 7) is 0. The van der Waals surface area contributed by atoms with Gasteiger partial charge >= 0.3 is 12.1 Å². The zero-order chi connectivity index (χ0) is 30.9. The van der Waals surface area contributed by atoms with Gasteiger partial charge in [-0.3, -0.25) is 25.0 Å². The van der Waals surface area contributed by atoms with Crippen molar-refractivity contribution in [1.29, 1.82) is 0 Å². The summed E-state index contributed by atoms with van der Waals surface area (Å²) in [4.78, 5) is 46.0. The van der Waals surface area contributed by atoms with Crippen molar-refractivity contribution in [2.75, 3.05) is 0 Å². The van der Waals surface area contributed by atoms with Gasteiger partial charge in [-0.15, -0.1) is 0 Å². The number of esters is 1. The Balaban J connectivity index is 1.48. The lowest BCUT2D eigenvalue weighted by Crippen LogP contribution is -2.15. The highest BCUT2D eigenvalue weighted by Gasteiger charge is 2.40. The summed E-state index contributed by atoms with van der Waals surface area (Å²) in [5.74, 6) is -4.61. The van der Waals surface area contributed by atoms with Crippen LogP contribution in [-0.4, -0.2) is 15.8 Å². The number of carbonyl (C=O) groups excluding carboxylic acids is 1. The maximum absolute atomic E-state index is 14.0. The van der Waals surface area contributed by atoms with Crippen molar-refractivity contribution in [2.24, 2.45) is 0 Å². The lowest BCUT2D eigenvalue weighted by atomic mass is 10.1. The van der Waals surface area contributed by atoms with E-state index in [9.17, 15) is 43.0 Å². The highest BCUT2D eigenvalue weighted by atomic mass is 19.4. The maximum atomic E-state index is 14.0. The molecule has 5 aromatic rings. The molecule has 0 amide bonds. The molecule has 0 aliphatic carbocycles. The molecule has 0 radical (unpaired) electrons. The molecule has 0 atom stereocenters. The minimum absolute atomic E-state index is 0.0616. The van der Waals surface area contributed by atoms with Crippen molar-refractivity contribution in [2.45, 2.75) is 6.18 Å². The quantitative estimate of drug-likeness (QED) is 0.0819. The summed E-state index contributed by atoms with van der Waals surface area (Å²) in [6.07, 6.45) is -5.17. The summed E-state index contributed by atoms with van der Waals surface area (Å²) in [6, 6.07) is 20.2. The Labute approximate surface area is 237 Å². The second-order valence-corrected chi connectivity index (χ2v) is 8.88. The average molecular weight is 592 g/mol. The molecule has 5 rings (SSSR count). The van der Waals surface area contributed by atoms with Crippen molar-refractivity contribution >= 4 is 28.3 Å². The van der Waals surface area contributed by atoms with Crippen LogP contribution in [0, 0.1) is 20.2 Å². The molecule has 0 bridgehead atoms. The van der Waals surface area contributed by atoms with Gasteiger partial charge in [0, 0.05) is 18.2 Å². The normalized spacial score (nSPS) is 11.2. The number of hydrogen-bond donors (Lipinski definition) is 0. The van der Waals surface area contributed by atoms with Crippen LogP contribution >= 0.6 is 0 Å². The molecule has 0 saturated carbocycles. The summed E-state index contributed by atoms with van der Waals surface area (Å²) in [5, 5.41) is 21.9. The number of nitrogens with zero attached hydrogens (tertiary/aromatic N) is 2. The van der Waals surface area contributed by atoms with Gasteiger partial charge in [0.05, 0.1) is 26.9 Å². The first-order valence-electron chi connectivity index (χ1n) is 12.1. The van der Waals surface area contributed by atoms with Crippen LogP contribution in [0.3, 0.4) is 0 Å². The van der Waals surface area contributed by atoms with Crippen LogP contribution in [-0.2, 0) is 6.18 Å².